The summed E-state index contributed by atoms with van der Waals surface area (Å²) in [6.45, 7) is 1.22. The zero-order chi connectivity index (χ0) is 22.9. The maximum absolute atomic E-state index is 11.8. The number of ether oxygens (including phenoxy) is 1. The first-order valence-electron chi connectivity index (χ1n) is 11.6. The maximum atomic E-state index is 11.8. The molecular weight excluding hydrogens is 430 g/mol. The fraction of sp³-hybridized carbons (Fsp3) is 0.320. The van der Waals surface area contributed by atoms with Crippen molar-refractivity contribution in [2.24, 2.45) is 0 Å². The second kappa shape index (κ2) is 8.74. The van der Waals surface area contributed by atoms with Gasteiger partial charge in [0.25, 0.3) is 0 Å². The van der Waals surface area contributed by atoms with Crippen LogP contribution >= 0.6 is 0 Å². The summed E-state index contributed by atoms with van der Waals surface area (Å²) in [5, 5.41) is 11.5. The third-order valence-electron chi connectivity index (χ3n) is 6.81. The molecule has 4 heterocycles. The smallest absolute Gasteiger partial charge is 0.410 e. The number of cyclic esters (lactones) is 1. The van der Waals surface area contributed by atoms with E-state index in [9.17, 15) is 4.79 Å². The minimum Gasteiger partial charge on any atom is -0.448 e. The molecule has 1 saturated heterocycles. The molecule has 1 aliphatic heterocycles. The molecule has 6 rings (SSSR count). The number of aromatic nitrogens is 6. The molecule has 34 heavy (non-hydrogen) atoms. The van der Waals surface area contributed by atoms with Gasteiger partial charge < -0.3 is 9.64 Å². The number of carbonyl (C=O) groups excluding carboxylic acids is 1. The molecule has 0 atom stereocenters. The van der Waals surface area contributed by atoms with Crippen LogP contribution in [0.25, 0.3) is 33.6 Å². The van der Waals surface area contributed by atoms with Gasteiger partial charge in [0, 0.05) is 53.1 Å². The summed E-state index contributed by atoms with van der Waals surface area (Å²) in [6.07, 6.45) is 15.1. The van der Waals surface area contributed by atoms with E-state index in [2.05, 4.69) is 42.2 Å². The van der Waals surface area contributed by atoms with E-state index in [1.165, 1.54) is 0 Å². The molecule has 1 N–H and O–H groups in total. The second-order valence-electron chi connectivity index (χ2n) is 8.84. The first-order chi connectivity index (χ1) is 16.7. The number of amides is 1. The third-order valence-corrected chi connectivity index (χ3v) is 6.81. The number of nitrogens with zero attached hydrogens (tertiary/aromatic N) is 6. The first kappa shape index (κ1) is 20.6. The average molecular weight is 456 g/mol. The Bertz CT molecular complexity index is 1270. The van der Waals surface area contributed by atoms with E-state index in [-0.39, 0.29) is 12.1 Å². The highest BCUT2D eigenvalue weighted by atomic mass is 16.6. The Morgan fingerprint density at radius 2 is 1.68 bits per heavy atom. The van der Waals surface area contributed by atoms with Gasteiger partial charge in [0.1, 0.15) is 6.61 Å². The molecule has 9 nitrogen and oxygen atoms in total. The molecule has 0 radical (unpaired) electrons. The molecule has 1 aliphatic carbocycles. The molecule has 1 aromatic carbocycles. The van der Waals surface area contributed by atoms with E-state index in [1.54, 1.807) is 6.20 Å². The van der Waals surface area contributed by atoms with Gasteiger partial charge in [-0.05, 0) is 37.3 Å². The minimum absolute atomic E-state index is 0.165. The monoisotopic (exact) mass is 455 g/mol. The second-order valence-corrected chi connectivity index (χ2v) is 8.84. The van der Waals surface area contributed by atoms with Gasteiger partial charge in [0.15, 0.2) is 5.82 Å². The topological polar surface area (TPSA) is 102 Å². The van der Waals surface area contributed by atoms with Gasteiger partial charge in [-0.15, -0.1) is 0 Å². The molecule has 4 aromatic rings. The van der Waals surface area contributed by atoms with Crippen molar-refractivity contribution in [3.05, 3.63) is 61.4 Å². The molecule has 172 valence electrons. The number of H-pyrrole nitrogens is 1. The Balaban J connectivity index is 1.13. The molecule has 0 unspecified atom stereocenters. The van der Waals surface area contributed by atoms with Crippen LogP contribution in [0.2, 0.25) is 0 Å². The number of benzene rings is 1. The molecule has 3 aromatic heterocycles. The first-order valence-corrected chi connectivity index (χ1v) is 11.6. The van der Waals surface area contributed by atoms with Crippen molar-refractivity contribution in [2.45, 2.75) is 37.8 Å². The fourth-order valence-electron chi connectivity index (χ4n) is 4.93. The predicted octanol–water partition coefficient (Wildman–Crippen LogP) is 4.33. The van der Waals surface area contributed by atoms with Crippen LogP contribution in [0.1, 0.15) is 31.7 Å². The van der Waals surface area contributed by atoms with Crippen molar-refractivity contribution in [3.8, 4) is 33.6 Å². The summed E-state index contributed by atoms with van der Waals surface area (Å²) >= 11 is 0. The van der Waals surface area contributed by atoms with E-state index in [1.807, 2.05) is 47.9 Å². The van der Waals surface area contributed by atoms with Crippen LogP contribution in [0.4, 0.5) is 4.79 Å². The van der Waals surface area contributed by atoms with Gasteiger partial charge in [-0.2, -0.15) is 10.2 Å². The van der Waals surface area contributed by atoms with Crippen LogP contribution in [0.3, 0.4) is 0 Å². The standard InChI is InChI=1S/C25H25N7O2/c33-25-31(8-9-34-25)22-4-6-23(7-5-22)32-16-21(15-30-32)19-11-26-24(27-12-19)18-3-1-2-17(10-18)20-13-28-29-14-20/h1-3,10-16,22-23H,4-9H2,(H,28,29). The van der Waals surface area contributed by atoms with E-state index < -0.39 is 0 Å². The molecule has 0 bridgehead atoms. The van der Waals surface area contributed by atoms with Crippen LogP contribution in [-0.2, 0) is 4.74 Å². The lowest BCUT2D eigenvalue weighted by atomic mass is 9.90. The highest BCUT2D eigenvalue weighted by Gasteiger charge is 2.33. The van der Waals surface area contributed by atoms with Crippen molar-refractivity contribution >= 4 is 6.09 Å². The Hall–Kier alpha value is -4.01. The zero-order valence-corrected chi connectivity index (χ0v) is 18.7. The van der Waals surface area contributed by atoms with Gasteiger partial charge in [-0.3, -0.25) is 9.78 Å². The van der Waals surface area contributed by atoms with Crippen molar-refractivity contribution in [1.29, 1.82) is 0 Å². The molecule has 2 aliphatic rings. The summed E-state index contributed by atoms with van der Waals surface area (Å²) in [5.41, 5.74) is 5.00. The van der Waals surface area contributed by atoms with Crippen LogP contribution in [0, 0.1) is 0 Å². The van der Waals surface area contributed by atoms with E-state index in [0.717, 1.165) is 53.5 Å². The quantitative estimate of drug-likeness (QED) is 0.481. The summed E-state index contributed by atoms with van der Waals surface area (Å²) in [7, 11) is 0. The van der Waals surface area contributed by atoms with Crippen LogP contribution in [-0.4, -0.2) is 60.1 Å². The number of aromatic amines is 1. The van der Waals surface area contributed by atoms with E-state index >= 15 is 0 Å². The normalized spacial score (nSPS) is 20.5. The highest BCUT2D eigenvalue weighted by molar-refractivity contribution is 5.70. The van der Waals surface area contributed by atoms with Gasteiger partial charge in [0.05, 0.1) is 25.0 Å². The number of hydrogen-bond acceptors (Lipinski definition) is 6. The van der Waals surface area contributed by atoms with Gasteiger partial charge in [0.2, 0.25) is 0 Å². The number of carbonyl (C=O) groups is 1. The molecular formula is C25H25N7O2. The number of rotatable bonds is 5. The minimum atomic E-state index is -0.165. The van der Waals surface area contributed by atoms with Crippen molar-refractivity contribution < 1.29 is 9.53 Å². The zero-order valence-electron chi connectivity index (χ0n) is 18.7. The summed E-state index contributed by atoms with van der Waals surface area (Å²) < 4.78 is 7.15. The highest BCUT2D eigenvalue weighted by Crippen LogP contribution is 2.33. The Kier molecular flexibility index (Phi) is 5.29. The van der Waals surface area contributed by atoms with E-state index in [4.69, 9.17) is 4.74 Å². The lowest BCUT2D eigenvalue weighted by Gasteiger charge is -2.33. The van der Waals surface area contributed by atoms with Crippen molar-refractivity contribution in [1.82, 2.24) is 34.8 Å². The summed E-state index contributed by atoms with van der Waals surface area (Å²) in [5.74, 6) is 0.681. The molecule has 0 spiro atoms. The summed E-state index contributed by atoms with van der Waals surface area (Å²) in [4.78, 5) is 22.9. The molecule has 1 saturated carbocycles. The van der Waals surface area contributed by atoms with Crippen LogP contribution in [0.15, 0.2) is 61.4 Å². The van der Waals surface area contributed by atoms with Gasteiger partial charge in [-0.1, -0.05) is 18.2 Å². The Labute approximate surface area is 196 Å². The SMILES string of the molecule is O=C1OCCN1C1CCC(n2cc(-c3cnc(-c4cccc(-c5cn[nH]c5)c4)nc3)cn2)CC1. The van der Waals surface area contributed by atoms with Crippen molar-refractivity contribution in [3.63, 3.8) is 0 Å². The number of hydrogen-bond donors (Lipinski definition) is 1. The van der Waals surface area contributed by atoms with Crippen molar-refractivity contribution in [2.75, 3.05) is 13.2 Å². The van der Waals surface area contributed by atoms with Crippen LogP contribution in [0.5, 0.6) is 0 Å². The van der Waals surface area contributed by atoms with Gasteiger partial charge >= 0.3 is 6.09 Å². The predicted molar refractivity (Wildman–Crippen MR) is 126 cm³/mol. The summed E-state index contributed by atoms with van der Waals surface area (Å²) in [6, 6.07) is 8.75. The third kappa shape index (κ3) is 3.93. The average Bonchev–Trinajstić information content (AvgIpc) is 3.67. The molecule has 2 fully saturated rings. The molecule has 1 amide bonds. The molecule has 9 heteroatoms. The van der Waals surface area contributed by atoms with E-state index in [0.29, 0.717) is 25.0 Å². The Morgan fingerprint density at radius 3 is 2.41 bits per heavy atom. The lowest BCUT2D eigenvalue weighted by Crippen LogP contribution is -2.39. The fourth-order valence-corrected chi connectivity index (χ4v) is 4.93. The number of nitrogens with one attached hydrogen (secondary N) is 1. The van der Waals surface area contributed by atoms with Crippen LogP contribution < -0.4 is 0 Å². The maximum Gasteiger partial charge on any atom is 0.410 e. The van der Waals surface area contributed by atoms with Gasteiger partial charge in [-0.25, -0.2) is 14.8 Å². The largest absolute Gasteiger partial charge is 0.448 e. The Morgan fingerprint density at radius 1 is 0.882 bits per heavy atom. The lowest BCUT2D eigenvalue weighted by molar-refractivity contribution is 0.132.